The van der Waals surface area contributed by atoms with Gasteiger partial charge in [-0.05, 0) is 39.8 Å². The van der Waals surface area contributed by atoms with Crippen molar-refractivity contribution in [3.8, 4) is 0 Å². The van der Waals surface area contributed by atoms with Crippen LogP contribution in [0.25, 0.3) is 0 Å². The van der Waals surface area contributed by atoms with Gasteiger partial charge in [0.2, 0.25) is 17.7 Å². The van der Waals surface area contributed by atoms with E-state index in [1.165, 1.54) is 0 Å². The Bertz CT molecular complexity index is 543. The number of hydrogen-bond donors (Lipinski definition) is 2. The number of nitrogens with one attached hydrogen (secondary N) is 2. The monoisotopic (exact) mass is 428 g/mol. The number of nitrogens with zero attached hydrogens (tertiary/aromatic N) is 2. The summed E-state index contributed by atoms with van der Waals surface area (Å²) in [5, 5.41) is 5.65. The lowest BCUT2D eigenvalue weighted by Gasteiger charge is -2.38. The van der Waals surface area contributed by atoms with Crippen LogP contribution in [0.3, 0.4) is 0 Å². The molecule has 30 heavy (non-hydrogen) atoms. The maximum absolute atomic E-state index is 12.9. The van der Waals surface area contributed by atoms with E-state index in [1.807, 2.05) is 60.5 Å². The van der Waals surface area contributed by atoms with Crippen molar-refractivity contribution in [2.24, 2.45) is 11.8 Å². The SMILES string of the molecule is CCC(C)[C@@H](C(CC(=O)NC(C)C)OC)N(C)C(=O)CNC(=O)C(C(C)C)N(C)C. The molecule has 0 spiro atoms. The van der Waals surface area contributed by atoms with Crippen molar-refractivity contribution in [3.63, 3.8) is 0 Å². The molecule has 8 heteroatoms. The highest BCUT2D eigenvalue weighted by atomic mass is 16.5. The fourth-order valence-electron chi connectivity index (χ4n) is 3.84. The third-order valence-corrected chi connectivity index (χ3v) is 5.46. The van der Waals surface area contributed by atoms with Gasteiger partial charge in [0, 0.05) is 20.2 Å². The van der Waals surface area contributed by atoms with Crippen molar-refractivity contribution >= 4 is 17.7 Å². The molecule has 0 bridgehead atoms. The molecular weight excluding hydrogens is 384 g/mol. The third-order valence-electron chi connectivity index (χ3n) is 5.46. The highest BCUT2D eigenvalue weighted by molar-refractivity contribution is 5.87. The van der Waals surface area contributed by atoms with Gasteiger partial charge >= 0.3 is 0 Å². The summed E-state index contributed by atoms with van der Waals surface area (Å²) in [4.78, 5) is 41.2. The number of rotatable bonds is 13. The van der Waals surface area contributed by atoms with Crippen LogP contribution in [-0.4, -0.2) is 86.5 Å². The molecule has 0 saturated heterocycles. The smallest absolute Gasteiger partial charge is 0.242 e. The van der Waals surface area contributed by atoms with E-state index in [2.05, 4.69) is 10.6 Å². The van der Waals surface area contributed by atoms with Crippen molar-refractivity contribution in [2.45, 2.75) is 78.6 Å². The summed E-state index contributed by atoms with van der Waals surface area (Å²) in [7, 11) is 6.97. The maximum Gasteiger partial charge on any atom is 0.242 e. The molecule has 0 aromatic heterocycles. The lowest BCUT2D eigenvalue weighted by Crippen LogP contribution is -2.54. The second kappa shape index (κ2) is 13.6. The maximum atomic E-state index is 12.9. The minimum absolute atomic E-state index is 0.0391. The summed E-state index contributed by atoms with van der Waals surface area (Å²) in [6, 6.07) is -0.547. The number of hydrogen-bond acceptors (Lipinski definition) is 5. The lowest BCUT2D eigenvalue weighted by atomic mass is 9.91. The largest absolute Gasteiger partial charge is 0.379 e. The van der Waals surface area contributed by atoms with Crippen LogP contribution in [0.4, 0.5) is 0 Å². The van der Waals surface area contributed by atoms with E-state index in [9.17, 15) is 14.4 Å². The topological polar surface area (TPSA) is 91.0 Å². The Hall–Kier alpha value is -1.67. The number of ether oxygens (including phenoxy) is 1. The van der Waals surface area contributed by atoms with Gasteiger partial charge in [0.1, 0.15) is 0 Å². The van der Waals surface area contributed by atoms with E-state index in [-0.39, 0.29) is 60.6 Å². The lowest BCUT2D eigenvalue weighted by molar-refractivity contribution is -0.140. The summed E-state index contributed by atoms with van der Waals surface area (Å²) in [6.07, 6.45) is 0.564. The van der Waals surface area contributed by atoms with Gasteiger partial charge in [0.25, 0.3) is 0 Å². The van der Waals surface area contributed by atoms with Crippen molar-refractivity contribution in [2.75, 3.05) is 34.8 Å². The first-order chi connectivity index (χ1) is 13.9. The van der Waals surface area contributed by atoms with Crippen LogP contribution in [0, 0.1) is 11.8 Å². The van der Waals surface area contributed by atoms with E-state index in [0.717, 1.165) is 6.42 Å². The number of carbonyl (C=O) groups excluding carboxylic acids is 3. The average Bonchev–Trinajstić information content (AvgIpc) is 2.63. The first-order valence-corrected chi connectivity index (χ1v) is 10.9. The molecule has 0 rings (SSSR count). The molecule has 8 nitrogen and oxygen atoms in total. The number of amides is 3. The molecule has 0 aliphatic rings. The molecule has 0 aliphatic carbocycles. The Morgan fingerprint density at radius 1 is 1.00 bits per heavy atom. The predicted molar refractivity (Wildman–Crippen MR) is 120 cm³/mol. The highest BCUT2D eigenvalue weighted by Gasteiger charge is 2.34. The van der Waals surface area contributed by atoms with E-state index < -0.39 is 6.10 Å². The Labute approximate surface area is 183 Å². The van der Waals surface area contributed by atoms with Crippen LogP contribution in [0.1, 0.15) is 54.4 Å². The van der Waals surface area contributed by atoms with Crippen molar-refractivity contribution in [1.29, 1.82) is 0 Å². The molecule has 176 valence electrons. The second-order valence-electron chi connectivity index (χ2n) is 8.95. The van der Waals surface area contributed by atoms with Gasteiger partial charge < -0.3 is 20.3 Å². The zero-order valence-corrected chi connectivity index (χ0v) is 20.6. The van der Waals surface area contributed by atoms with E-state index in [4.69, 9.17) is 4.74 Å². The van der Waals surface area contributed by atoms with E-state index >= 15 is 0 Å². The molecule has 0 fully saturated rings. The van der Waals surface area contributed by atoms with Gasteiger partial charge in [-0.25, -0.2) is 0 Å². The summed E-state index contributed by atoms with van der Waals surface area (Å²) in [6.45, 7) is 11.8. The van der Waals surface area contributed by atoms with Crippen LogP contribution < -0.4 is 10.6 Å². The summed E-state index contributed by atoms with van der Waals surface area (Å²) in [5.41, 5.74) is 0. The Kier molecular flexibility index (Phi) is 12.8. The highest BCUT2D eigenvalue weighted by Crippen LogP contribution is 2.21. The second-order valence-corrected chi connectivity index (χ2v) is 8.95. The minimum atomic E-state index is -0.437. The minimum Gasteiger partial charge on any atom is -0.379 e. The average molecular weight is 429 g/mol. The fourth-order valence-corrected chi connectivity index (χ4v) is 3.84. The molecule has 0 radical (unpaired) electrons. The zero-order valence-electron chi connectivity index (χ0n) is 20.6. The number of carbonyl (C=O) groups is 3. The van der Waals surface area contributed by atoms with Crippen LogP contribution >= 0.6 is 0 Å². The van der Waals surface area contributed by atoms with Crippen LogP contribution in [0.15, 0.2) is 0 Å². The molecule has 4 atom stereocenters. The third kappa shape index (κ3) is 9.00. The number of likely N-dealkylation sites (N-methyl/N-ethyl adjacent to an activating group) is 2. The van der Waals surface area contributed by atoms with Crippen molar-refractivity contribution < 1.29 is 19.1 Å². The van der Waals surface area contributed by atoms with Crippen LogP contribution in [0.5, 0.6) is 0 Å². The molecule has 2 N–H and O–H groups in total. The van der Waals surface area contributed by atoms with Crippen molar-refractivity contribution in [1.82, 2.24) is 20.4 Å². The van der Waals surface area contributed by atoms with Gasteiger partial charge in [-0.3, -0.25) is 19.3 Å². The van der Waals surface area contributed by atoms with Crippen LogP contribution in [-0.2, 0) is 19.1 Å². The predicted octanol–water partition coefficient (Wildman–Crippen LogP) is 1.49. The summed E-state index contributed by atoms with van der Waals surface area (Å²) < 4.78 is 5.64. The van der Waals surface area contributed by atoms with E-state index in [0.29, 0.717) is 0 Å². The Balaban J connectivity index is 5.28. The molecule has 0 saturated carbocycles. The van der Waals surface area contributed by atoms with Crippen LogP contribution in [0.2, 0.25) is 0 Å². The van der Waals surface area contributed by atoms with Gasteiger partial charge in [-0.15, -0.1) is 0 Å². The Morgan fingerprint density at radius 3 is 1.97 bits per heavy atom. The number of methoxy groups -OCH3 is 1. The molecule has 0 aromatic carbocycles. The van der Waals surface area contributed by atoms with Crippen molar-refractivity contribution in [3.05, 3.63) is 0 Å². The fraction of sp³-hybridized carbons (Fsp3) is 0.864. The van der Waals surface area contributed by atoms with Gasteiger partial charge in [0.05, 0.1) is 31.2 Å². The molecule has 0 aliphatic heterocycles. The zero-order chi connectivity index (χ0) is 23.6. The first kappa shape index (κ1) is 28.3. The molecule has 3 amide bonds. The molecular formula is C22H44N4O4. The first-order valence-electron chi connectivity index (χ1n) is 10.9. The molecule has 0 heterocycles. The van der Waals surface area contributed by atoms with Gasteiger partial charge in [-0.1, -0.05) is 34.1 Å². The normalized spacial score (nSPS) is 15.6. The molecule has 0 aromatic rings. The Morgan fingerprint density at radius 2 is 1.57 bits per heavy atom. The van der Waals surface area contributed by atoms with Gasteiger partial charge in [0.15, 0.2) is 0 Å². The summed E-state index contributed by atoms with van der Waals surface area (Å²) >= 11 is 0. The standard InChI is InChI=1S/C22H44N4O4/c1-11-16(6)21(17(30-10)12-18(27)24-15(4)5)26(9)19(28)13-23-22(29)20(14(2)3)25(7)8/h14-17,20-21H,11-13H2,1-10H3,(H,23,29)(H,24,27)/t16?,17?,20?,21-/m0/s1. The quantitative estimate of drug-likeness (QED) is 0.464. The van der Waals surface area contributed by atoms with E-state index in [1.54, 1.807) is 19.1 Å². The summed E-state index contributed by atoms with van der Waals surface area (Å²) in [5.74, 6) is -0.239. The molecule has 3 unspecified atom stereocenters. The van der Waals surface area contributed by atoms with Gasteiger partial charge in [-0.2, -0.15) is 0 Å².